The molecule has 0 unspecified atom stereocenters. The SMILES string of the molecule is O=[N+]([O-])c1cccc2c1nnn2[C@@H]1OC[C@@H](O)[C@H](O)[C@@H]1O. The van der Waals surface area contributed by atoms with E-state index in [0.29, 0.717) is 0 Å². The van der Waals surface area contributed by atoms with Gasteiger partial charge >= 0.3 is 0 Å². The third-order valence-electron chi connectivity index (χ3n) is 3.39. The minimum absolute atomic E-state index is 0.0545. The molecule has 1 aliphatic rings. The number of aromatic nitrogens is 3. The van der Waals surface area contributed by atoms with Gasteiger partial charge < -0.3 is 20.1 Å². The number of hydrogen-bond donors (Lipinski definition) is 3. The Morgan fingerprint density at radius 1 is 1.33 bits per heavy atom. The van der Waals surface area contributed by atoms with Gasteiger partial charge in [0.2, 0.25) is 0 Å². The first-order chi connectivity index (χ1) is 10.0. The number of nitro groups is 1. The number of aliphatic hydroxyl groups is 3. The molecule has 0 radical (unpaired) electrons. The van der Waals surface area contributed by atoms with Crippen molar-refractivity contribution in [2.45, 2.75) is 24.5 Å². The van der Waals surface area contributed by atoms with Crippen molar-refractivity contribution < 1.29 is 25.0 Å². The zero-order valence-electron chi connectivity index (χ0n) is 10.6. The zero-order chi connectivity index (χ0) is 15.1. The van der Waals surface area contributed by atoms with Crippen LogP contribution in [-0.4, -0.2) is 60.2 Å². The largest absolute Gasteiger partial charge is 0.388 e. The Morgan fingerprint density at radius 3 is 2.81 bits per heavy atom. The number of nitro benzene ring substituents is 1. The van der Waals surface area contributed by atoms with Gasteiger partial charge in [-0.1, -0.05) is 11.3 Å². The second kappa shape index (κ2) is 5.00. The molecule has 112 valence electrons. The molecule has 0 aliphatic carbocycles. The van der Waals surface area contributed by atoms with Gasteiger partial charge in [-0.05, 0) is 6.07 Å². The first kappa shape index (κ1) is 13.8. The minimum atomic E-state index is -1.43. The standard InChI is InChI=1S/C11H12N4O6/c16-7-4-21-11(10(18)9(7)17)14-5-2-1-3-6(15(19)20)8(5)12-13-14/h1-3,7,9-11,16-18H,4H2/t7-,9+,10+,11-/m1/s1. The zero-order valence-corrected chi connectivity index (χ0v) is 10.6. The molecule has 0 amide bonds. The Morgan fingerprint density at radius 2 is 2.10 bits per heavy atom. The topological polar surface area (TPSA) is 144 Å². The average molecular weight is 296 g/mol. The number of hydrogen-bond acceptors (Lipinski definition) is 8. The Hall–Kier alpha value is -2.14. The van der Waals surface area contributed by atoms with Crippen LogP contribution in [0.5, 0.6) is 0 Å². The van der Waals surface area contributed by atoms with Gasteiger partial charge in [-0.2, -0.15) is 0 Å². The molecule has 3 N–H and O–H groups in total. The highest BCUT2D eigenvalue weighted by Gasteiger charge is 2.40. The van der Waals surface area contributed by atoms with E-state index < -0.39 is 29.5 Å². The molecule has 1 fully saturated rings. The maximum atomic E-state index is 10.9. The van der Waals surface area contributed by atoms with Crippen molar-refractivity contribution in [2.75, 3.05) is 6.61 Å². The summed E-state index contributed by atoms with van der Waals surface area (Å²) in [7, 11) is 0. The molecule has 10 nitrogen and oxygen atoms in total. The van der Waals surface area contributed by atoms with E-state index in [1.807, 2.05) is 0 Å². The summed E-state index contributed by atoms with van der Waals surface area (Å²) in [6.07, 6.45) is -5.13. The van der Waals surface area contributed by atoms with E-state index in [1.165, 1.54) is 18.2 Å². The number of non-ortho nitro benzene ring substituents is 1. The summed E-state index contributed by atoms with van der Waals surface area (Å²) in [6.45, 7) is -0.195. The highest BCUT2D eigenvalue weighted by atomic mass is 16.6. The fraction of sp³-hybridized carbons (Fsp3) is 0.455. The summed E-state index contributed by atoms with van der Waals surface area (Å²) in [5, 5.41) is 47.5. The molecule has 10 heteroatoms. The third-order valence-corrected chi connectivity index (χ3v) is 3.39. The molecule has 0 saturated carbocycles. The molecule has 1 aromatic carbocycles. The minimum Gasteiger partial charge on any atom is -0.388 e. The van der Waals surface area contributed by atoms with Crippen LogP contribution in [0.15, 0.2) is 18.2 Å². The quantitative estimate of drug-likeness (QED) is 0.470. The predicted molar refractivity (Wildman–Crippen MR) is 67.2 cm³/mol. The number of ether oxygens (including phenoxy) is 1. The van der Waals surface area contributed by atoms with Crippen LogP contribution in [0.3, 0.4) is 0 Å². The van der Waals surface area contributed by atoms with Gasteiger partial charge in [0.1, 0.15) is 18.3 Å². The molecule has 1 aromatic heterocycles. The third kappa shape index (κ3) is 2.14. The van der Waals surface area contributed by atoms with Gasteiger partial charge in [0.05, 0.1) is 17.0 Å². The van der Waals surface area contributed by atoms with Gasteiger partial charge in [-0.3, -0.25) is 10.1 Å². The summed E-state index contributed by atoms with van der Waals surface area (Å²) < 4.78 is 6.41. The van der Waals surface area contributed by atoms with Crippen LogP contribution >= 0.6 is 0 Å². The summed E-state index contributed by atoms with van der Waals surface area (Å²) in [4.78, 5) is 10.3. The molecule has 1 aliphatic heterocycles. The number of benzene rings is 1. The molecule has 4 atom stereocenters. The van der Waals surface area contributed by atoms with Crippen molar-refractivity contribution in [2.24, 2.45) is 0 Å². The van der Waals surface area contributed by atoms with Crippen LogP contribution in [0.25, 0.3) is 11.0 Å². The van der Waals surface area contributed by atoms with Crippen LogP contribution in [0.4, 0.5) is 5.69 Å². The fourth-order valence-electron chi connectivity index (χ4n) is 2.29. The molecular weight excluding hydrogens is 284 g/mol. The van der Waals surface area contributed by atoms with Gasteiger partial charge in [0.15, 0.2) is 11.7 Å². The first-order valence-electron chi connectivity index (χ1n) is 6.15. The van der Waals surface area contributed by atoms with Gasteiger partial charge in [0, 0.05) is 6.07 Å². The Bertz CT molecular complexity index is 688. The van der Waals surface area contributed by atoms with E-state index in [-0.39, 0.29) is 23.3 Å². The summed E-state index contributed by atoms with van der Waals surface area (Å²) >= 11 is 0. The molecule has 0 bridgehead atoms. The summed E-state index contributed by atoms with van der Waals surface area (Å²) in [5.74, 6) is 0. The molecule has 21 heavy (non-hydrogen) atoms. The van der Waals surface area contributed by atoms with Crippen LogP contribution in [-0.2, 0) is 4.74 Å². The lowest BCUT2D eigenvalue weighted by Gasteiger charge is -2.34. The first-order valence-corrected chi connectivity index (χ1v) is 6.15. The van der Waals surface area contributed by atoms with Crippen molar-refractivity contribution >= 4 is 16.7 Å². The summed E-state index contributed by atoms with van der Waals surface area (Å²) in [6, 6.07) is 4.29. The lowest BCUT2D eigenvalue weighted by atomic mass is 10.0. The normalized spacial score (nSPS) is 29.7. The average Bonchev–Trinajstić information content (AvgIpc) is 2.88. The van der Waals surface area contributed by atoms with Crippen molar-refractivity contribution in [3.63, 3.8) is 0 Å². The molecule has 0 spiro atoms. The lowest BCUT2D eigenvalue weighted by molar-refractivity contribution is -0.383. The number of aliphatic hydroxyl groups excluding tert-OH is 3. The van der Waals surface area contributed by atoms with Crippen LogP contribution in [0.1, 0.15) is 6.23 Å². The van der Waals surface area contributed by atoms with E-state index >= 15 is 0 Å². The van der Waals surface area contributed by atoms with Crippen molar-refractivity contribution in [1.82, 2.24) is 15.0 Å². The van der Waals surface area contributed by atoms with Crippen molar-refractivity contribution in [1.29, 1.82) is 0 Å². The van der Waals surface area contributed by atoms with Crippen molar-refractivity contribution in [3.05, 3.63) is 28.3 Å². The Labute approximate surface area is 117 Å². The highest BCUT2D eigenvalue weighted by Crippen LogP contribution is 2.29. The second-order valence-electron chi connectivity index (χ2n) is 4.71. The number of rotatable bonds is 2. The predicted octanol–water partition coefficient (Wildman–Crippen LogP) is -1.05. The Balaban J connectivity index is 2.06. The van der Waals surface area contributed by atoms with E-state index in [1.54, 1.807) is 0 Å². The fourth-order valence-corrected chi connectivity index (χ4v) is 2.29. The number of fused-ring (bicyclic) bond motifs is 1. The highest BCUT2D eigenvalue weighted by molar-refractivity contribution is 5.83. The number of nitrogens with zero attached hydrogens (tertiary/aromatic N) is 4. The second-order valence-corrected chi connectivity index (χ2v) is 4.71. The molecule has 1 saturated heterocycles. The van der Waals surface area contributed by atoms with Crippen LogP contribution < -0.4 is 0 Å². The molecule has 2 heterocycles. The van der Waals surface area contributed by atoms with E-state index in [4.69, 9.17) is 4.74 Å². The summed E-state index contributed by atoms with van der Waals surface area (Å²) in [5.41, 5.74) is 0.125. The van der Waals surface area contributed by atoms with Gasteiger partial charge in [-0.15, -0.1) is 5.10 Å². The molecule has 3 rings (SSSR count). The Kier molecular flexibility index (Phi) is 3.29. The maximum absolute atomic E-state index is 10.9. The van der Waals surface area contributed by atoms with E-state index in [2.05, 4.69) is 10.3 Å². The van der Waals surface area contributed by atoms with E-state index in [9.17, 15) is 25.4 Å². The molecular formula is C11H12N4O6. The maximum Gasteiger partial charge on any atom is 0.299 e. The smallest absolute Gasteiger partial charge is 0.299 e. The van der Waals surface area contributed by atoms with E-state index in [0.717, 1.165) is 4.68 Å². The van der Waals surface area contributed by atoms with Crippen LogP contribution in [0.2, 0.25) is 0 Å². The van der Waals surface area contributed by atoms with Gasteiger partial charge in [0.25, 0.3) is 5.69 Å². The van der Waals surface area contributed by atoms with Crippen LogP contribution in [0, 0.1) is 10.1 Å². The van der Waals surface area contributed by atoms with Crippen molar-refractivity contribution in [3.8, 4) is 0 Å². The van der Waals surface area contributed by atoms with Gasteiger partial charge in [-0.25, -0.2) is 4.68 Å². The molecule has 2 aromatic rings. The lowest BCUT2D eigenvalue weighted by Crippen LogP contribution is -2.50. The monoisotopic (exact) mass is 296 g/mol.